The minimum atomic E-state index is -0.981. The fourth-order valence-corrected chi connectivity index (χ4v) is 6.54. The second-order valence-electron chi connectivity index (χ2n) is 8.09. The molecule has 0 saturated carbocycles. The molecule has 196 valence electrons. The molecular weight excluding hydrogens is 660 g/mol. The third-order valence-corrected chi connectivity index (χ3v) is 8.78. The zero-order chi connectivity index (χ0) is 26.8. The van der Waals surface area contributed by atoms with Crippen molar-refractivity contribution in [3.8, 4) is 34.0 Å². The molecule has 2 aromatic heterocycles. The van der Waals surface area contributed by atoms with Crippen molar-refractivity contribution in [3.63, 3.8) is 0 Å². The highest BCUT2D eigenvalue weighted by Crippen LogP contribution is 2.40. The minimum Gasteiger partial charge on any atom is -0.493 e. The molecule has 1 N–H and O–H groups in total. The number of thiazole rings is 2. The quantitative estimate of drug-likeness (QED) is 0.233. The largest absolute Gasteiger partial charge is 0.493 e. The van der Waals surface area contributed by atoms with E-state index >= 15 is 0 Å². The highest BCUT2D eigenvalue weighted by molar-refractivity contribution is 9.10. The normalized spacial score (nSPS) is 13.0. The molecule has 2 aromatic carbocycles. The fraction of sp³-hybridized carbons (Fsp3) is 0.231. The van der Waals surface area contributed by atoms with Crippen molar-refractivity contribution in [1.82, 2.24) is 9.97 Å². The van der Waals surface area contributed by atoms with Gasteiger partial charge in [-0.15, -0.1) is 22.7 Å². The van der Waals surface area contributed by atoms with Crippen LogP contribution in [0.25, 0.3) is 22.5 Å². The predicted molar refractivity (Wildman–Crippen MR) is 152 cm³/mol. The van der Waals surface area contributed by atoms with Crippen molar-refractivity contribution in [3.05, 3.63) is 65.1 Å². The first-order chi connectivity index (χ1) is 18.3. The van der Waals surface area contributed by atoms with Crippen LogP contribution in [0.5, 0.6) is 11.5 Å². The Hall–Kier alpha value is -2.80. The van der Waals surface area contributed by atoms with E-state index in [0.29, 0.717) is 31.2 Å². The molecule has 0 amide bonds. The number of fused-ring (bicyclic) bond motifs is 6. The predicted octanol–water partition coefficient (Wildman–Crippen LogP) is 6.89. The third kappa shape index (κ3) is 5.63. The zero-order valence-electron chi connectivity index (χ0n) is 20.0. The molecule has 0 aliphatic carbocycles. The molecule has 2 aliphatic rings. The lowest BCUT2D eigenvalue weighted by Gasteiger charge is -2.06. The summed E-state index contributed by atoms with van der Waals surface area (Å²) < 4.78 is 18.3. The van der Waals surface area contributed by atoms with Gasteiger partial charge in [-0.1, -0.05) is 31.9 Å². The van der Waals surface area contributed by atoms with Crippen molar-refractivity contribution in [2.45, 2.75) is 19.8 Å². The van der Waals surface area contributed by atoms with Gasteiger partial charge in [-0.3, -0.25) is 0 Å². The van der Waals surface area contributed by atoms with Gasteiger partial charge in [0.1, 0.15) is 11.5 Å². The Bertz CT molecular complexity index is 1530. The molecule has 0 spiro atoms. The Morgan fingerprint density at radius 2 is 1.39 bits per heavy atom. The SMILES string of the molecule is CCOC(=O)c1nc2c(s1)CCOc1ccc(Br)cc1-2.O=C(O)c1nc2c(s1)CCOc1ccc(Br)cc1-2. The number of rotatable bonds is 3. The van der Waals surface area contributed by atoms with E-state index in [9.17, 15) is 9.59 Å². The van der Waals surface area contributed by atoms with Crippen molar-refractivity contribution in [2.75, 3.05) is 19.8 Å². The molecule has 6 rings (SSSR count). The van der Waals surface area contributed by atoms with E-state index in [-0.39, 0.29) is 11.0 Å². The summed E-state index contributed by atoms with van der Waals surface area (Å²) in [6.45, 7) is 3.28. The van der Waals surface area contributed by atoms with Gasteiger partial charge in [0.25, 0.3) is 0 Å². The minimum absolute atomic E-state index is 0.132. The van der Waals surface area contributed by atoms with Crippen LogP contribution in [0.4, 0.5) is 0 Å². The number of aromatic carboxylic acids is 1. The Morgan fingerprint density at radius 1 is 0.895 bits per heavy atom. The van der Waals surface area contributed by atoms with Gasteiger partial charge in [0, 0.05) is 42.7 Å². The summed E-state index contributed by atoms with van der Waals surface area (Å²) in [4.78, 5) is 33.5. The average molecular weight is 680 g/mol. The molecule has 0 fully saturated rings. The number of carbonyl (C=O) groups excluding carboxylic acids is 1. The van der Waals surface area contributed by atoms with Gasteiger partial charge in [-0.05, 0) is 43.3 Å². The first kappa shape index (κ1) is 26.8. The standard InChI is InChI=1S/C14H12BrNO3S.C12H8BrNO3S/c1-2-18-14(17)13-16-12-9-7-8(15)3-4-10(9)19-6-5-11(12)20-13;13-6-1-2-8-7(5-6)10-9(3-4-17-8)18-11(14-10)12(15)16/h3-4,7H,2,5-6H2,1H3;1-2,5H,3-4H2,(H,15,16). The fourth-order valence-electron chi connectivity index (χ4n) is 3.97. The van der Waals surface area contributed by atoms with Crippen LogP contribution < -0.4 is 9.47 Å². The summed E-state index contributed by atoms with van der Waals surface area (Å²) >= 11 is 9.47. The number of aromatic nitrogens is 2. The number of carboxylic acids is 1. The zero-order valence-corrected chi connectivity index (χ0v) is 24.8. The summed E-state index contributed by atoms with van der Waals surface area (Å²) in [5, 5.41) is 9.55. The molecule has 0 atom stereocenters. The van der Waals surface area contributed by atoms with E-state index in [4.69, 9.17) is 19.3 Å². The van der Waals surface area contributed by atoms with E-state index in [1.807, 2.05) is 36.4 Å². The van der Waals surface area contributed by atoms with Gasteiger partial charge < -0.3 is 19.3 Å². The van der Waals surface area contributed by atoms with Gasteiger partial charge in [0.2, 0.25) is 10.0 Å². The molecule has 0 unspecified atom stereocenters. The Morgan fingerprint density at radius 3 is 1.89 bits per heavy atom. The van der Waals surface area contributed by atoms with E-state index in [1.165, 1.54) is 22.7 Å². The highest BCUT2D eigenvalue weighted by atomic mass is 79.9. The summed E-state index contributed by atoms with van der Waals surface area (Å²) in [6, 6.07) is 11.5. The van der Waals surface area contributed by atoms with Gasteiger partial charge >= 0.3 is 11.9 Å². The number of nitrogens with zero attached hydrogens (tertiary/aromatic N) is 2. The van der Waals surface area contributed by atoms with Crippen molar-refractivity contribution in [2.24, 2.45) is 0 Å². The Balaban J connectivity index is 0.000000156. The van der Waals surface area contributed by atoms with E-state index in [0.717, 1.165) is 59.1 Å². The summed E-state index contributed by atoms with van der Waals surface area (Å²) in [6.07, 6.45) is 1.44. The van der Waals surface area contributed by atoms with Crippen LogP contribution in [0.1, 0.15) is 36.3 Å². The molecular formula is C26H20Br2N2O6S2. The lowest BCUT2D eigenvalue weighted by Crippen LogP contribution is -2.04. The second-order valence-corrected chi connectivity index (χ2v) is 12.1. The lowest BCUT2D eigenvalue weighted by molar-refractivity contribution is 0.0525. The molecule has 0 bridgehead atoms. The van der Waals surface area contributed by atoms with Crippen LogP contribution in [-0.4, -0.2) is 46.8 Å². The van der Waals surface area contributed by atoms with E-state index in [1.54, 1.807) is 6.92 Å². The number of carbonyl (C=O) groups is 2. The smallest absolute Gasteiger partial charge is 0.367 e. The van der Waals surface area contributed by atoms with Crippen LogP contribution in [0.3, 0.4) is 0 Å². The second kappa shape index (κ2) is 11.5. The molecule has 0 radical (unpaired) electrons. The number of esters is 1. The monoisotopic (exact) mass is 678 g/mol. The number of hydrogen-bond donors (Lipinski definition) is 1. The third-order valence-electron chi connectivity index (χ3n) is 5.59. The molecule has 12 heteroatoms. The van der Waals surface area contributed by atoms with Crippen molar-refractivity contribution in [1.29, 1.82) is 0 Å². The van der Waals surface area contributed by atoms with Crippen molar-refractivity contribution >= 4 is 66.5 Å². The molecule has 38 heavy (non-hydrogen) atoms. The Labute approximate surface area is 242 Å². The lowest BCUT2D eigenvalue weighted by atomic mass is 10.1. The number of hydrogen-bond acceptors (Lipinski definition) is 9. The average Bonchev–Trinajstić information content (AvgIpc) is 3.43. The van der Waals surface area contributed by atoms with Gasteiger partial charge in [-0.25, -0.2) is 19.6 Å². The molecule has 2 aliphatic heterocycles. The maximum Gasteiger partial charge on any atom is 0.367 e. The van der Waals surface area contributed by atoms with Crippen LogP contribution >= 0.6 is 54.5 Å². The summed E-state index contributed by atoms with van der Waals surface area (Å²) in [5.74, 6) is 0.209. The number of halogens is 2. The molecule has 8 nitrogen and oxygen atoms in total. The van der Waals surface area contributed by atoms with E-state index < -0.39 is 5.97 Å². The van der Waals surface area contributed by atoms with Gasteiger partial charge in [0.05, 0.1) is 31.2 Å². The van der Waals surface area contributed by atoms with E-state index in [2.05, 4.69) is 41.8 Å². The van der Waals surface area contributed by atoms with Gasteiger partial charge in [0.15, 0.2) is 0 Å². The van der Waals surface area contributed by atoms with Crippen molar-refractivity contribution < 1.29 is 28.9 Å². The number of ether oxygens (including phenoxy) is 3. The first-order valence-corrected chi connectivity index (χ1v) is 14.8. The van der Waals surface area contributed by atoms with Crippen LogP contribution in [0.2, 0.25) is 0 Å². The summed E-state index contributed by atoms with van der Waals surface area (Å²) in [5.41, 5.74) is 3.32. The maximum absolute atomic E-state index is 11.8. The first-order valence-electron chi connectivity index (χ1n) is 11.6. The highest BCUT2D eigenvalue weighted by Gasteiger charge is 2.24. The molecule has 4 heterocycles. The van der Waals surface area contributed by atoms with Crippen LogP contribution in [-0.2, 0) is 17.6 Å². The van der Waals surface area contributed by atoms with Gasteiger partial charge in [-0.2, -0.15) is 0 Å². The van der Waals surface area contributed by atoms with Crippen LogP contribution in [0, 0.1) is 0 Å². The number of carboxylic acid groups (broad SMARTS) is 1. The topological polar surface area (TPSA) is 108 Å². The maximum atomic E-state index is 11.8. The summed E-state index contributed by atoms with van der Waals surface area (Å²) in [7, 11) is 0. The molecule has 0 saturated heterocycles. The van der Waals surface area contributed by atoms with Crippen LogP contribution in [0.15, 0.2) is 45.3 Å². The molecule has 4 aromatic rings. The Kier molecular flexibility index (Phi) is 8.12. The number of benzene rings is 2.